The average Bonchev–Trinajstić information content (AvgIpc) is 2.75. The summed E-state index contributed by atoms with van der Waals surface area (Å²) in [5, 5.41) is 18.1. The molecule has 0 spiro atoms. The predicted octanol–water partition coefficient (Wildman–Crippen LogP) is 3.63. The summed E-state index contributed by atoms with van der Waals surface area (Å²) >= 11 is 0. The van der Waals surface area contributed by atoms with E-state index in [0.717, 1.165) is 29.5 Å². The molecule has 1 aliphatic rings. The maximum atomic E-state index is 11.7. The fraction of sp³-hybridized carbons (Fsp3) is 0.217. The minimum atomic E-state index is -0.992. The van der Waals surface area contributed by atoms with Gasteiger partial charge < -0.3 is 5.11 Å². The van der Waals surface area contributed by atoms with Gasteiger partial charge >= 0.3 is 5.97 Å². The van der Waals surface area contributed by atoms with Crippen molar-refractivity contribution >= 4 is 17.4 Å². The van der Waals surface area contributed by atoms with E-state index < -0.39 is 11.9 Å². The lowest BCUT2D eigenvalue weighted by Crippen LogP contribution is -2.35. The number of aromatic carboxylic acids is 1. The molecule has 1 aliphatic carbocycles. The number of amides is 1. The lowest BCUT2D eigenvalue weighted by molar-refractivity contribution is -0.130. The van der Waals surface area contributed by atoms with Crippen LogP contribution in [0.2, 0.25) is 0 Å². The Hall–Kier alpha value is -3.22. The average molecular weight is 392 g/mol. The number of carboxylic acid groups (broad SMARTS) is 1. The van der Waals surface area contributed by atoms with Crippen LogP contribution in [0, 0.1) is 0 Å². The summed E-state index contributed by atoms with van der Waals surface area (Å²) in [5.74, 6) is -1.51. The monoisotopic (exact) mass is 392 g/mol. The number of hydrogen-bond donors (Lipinski definition) is 3. The molecule has 29 heavy (non-hydrogen) atoms. The van der Waals surface area contributed by atoms with Crippen molar-refractivity contribution in [3.8, 4) is 0 Å². The van der Waals surface area contributed by atoms with E-state index in [1.54, 1.807) is 17.6 Å². The number of carbonyl (C=O) groups is 2. The fourth-order valence-electron chi connectivity index (χ4n) is 3.36. The largest absolute Gasteiger partial charge is 0.478 e. The zero-order valence-corrected chi connectivity index (χ0v) is 16.0. The lowest BCUT2D eigenvalue weighted by atomic mass is 9.98. The van der Waals surface area contributed by atoms with Gasteiger partial charge in [-0.3, -0.25) is 14.9 Å². The number of nitrogens with zero attached hydrogens (tertiary/aromatic N) is 1. The molecule has 2 aromatic carbocycles. The summed E-state index contributed by atoms with van der Waals surface area (Å²) in [5.41, 5.74) is 6.03. The number of nitrogens with one attached hydrogen (secondary N) is 1. The highest BCUT2D eigenvalue weighted by Crippen LogP contribution is 2.22. The van der Waals surface area contributed by atoms with Crippen molar-refractivity contribution < 1.29 is 19.9 Å². The van der Waals surface area contributed by atoms with Gasteiger partial charge in [0.25, 0.3) is 5.91 Å². The third-order valence-electron chi connectivity index (χ3n) is 4.76. The Balaban J connectivity index is 1.74. The zero-order chi connectivity index (χ0) is 20.6. The smallest absolute Gasteiger partial charge is 0.335 e. The van der Waals surface area contributed by atoms with Crippen LogP contribution in [0.5, 0.6) is 0 Å². The van der Waals surface area contributed by atoms with Gasteiger partial charge in [-0.05, 0) is 47.2 Å². The highest BCUT2D eigenvalue weighted by atomic mass is 16.5. The van der Waals surface area contributed by atoms with Crippen LogP contribution in [-0.2, 0) is 17.9 Å². The van der Waals surface area contributed by atoms with Crippen LogP contribution in [0.15, 0.2) is 66.8 Å². The topological polar surface area (TPSA) is 89.9 Å². The van der Waals surface area contributed by atoms with Crippen molar-refractivity contribution in [3.63, 3.8) is 0 Å². The van der Waals surface area contributed by atoms with Crippen molar-refractivity contribution in [2.24, 2.45) is 0 Å². The summed E-state index contributed by atoms with van der Waals surface area (Å²) in [7, 11) is 0. The maximum absolute atomic E-state index is 11.7. The quantitative estimate of drug-likeness (QED) is 0.472. The second-order valence-electron chi connectivity index (χ2n) is 7.02. The molecule has 0 saturated heterocycles. The predicted molar refractivity (Wildman–Crippen MR) is 110 cm³/mol. The third-order valence-corrected chi connectivity index (χ3v) is 4.76. The first-order valence-corrected chi connectivity index (χ1v) is 9.48. The van der Waals surface area contributed by atoms with Crippen LogP contribution in [0.3, 0.4) is 0 Å². The molecule has 0 atom stereocenters. The van der Waals surface area contributed by atoms with Gasteiger partial charge in [-0.1, -0.05) is 54.6 Å². The van der Waals surface area contributed by atoms with Gasteiger partial charge in [-0.2, -0.15) is 0 Å². The van der Waals surface area contributed by atoms with Crippen molar-refractivity contribution in [3.05, 3.63) is 89.0 Å². The molecular formula is C23H24N2O4. The Bertz CT molecular complexity index is 932. The number of carboxylic acids is 1. The van der Waals surface area contributed by atoms with E-state index in [9.17, 15) is 14.7 Å². The molecule has 0 aromatic heterocycles. The second-order valence-corrected chi connectivity index (χ2v) is 7.02. The Morgan fingerprint density at radius 1 is 1.00 bits per heavy atom. The van der Waals surface area contributed by atoms with Gasteiger partial charge in [0.1, 0.15) is 0 Å². The molecule has 0 radical (unpaired) electrons. The molecule has 2 aromatic rings. The minimum Gasteiger partial charge on any atom is -0.478 e. The number of hydrogen-bond acceptors (Lipinski definition) is 4. The molecule has 150 valence electrons. The molecule has 1 amide bonds. The van der Waals surface area contributed by atoms with E-state index in [0.29, 0.717) is 13.1 Å². The number of benzene rings is 2. The first kappa shape index (κ1) is 20.5. The molecule has 0 aliphatic heterocycles. The summed E-state index contributed by atoms with van der Waals surface area (Å²) in [6, 6.07) is 14.8. The van der Waals surface area contributed by atoms with Gasteiger partial charge in [0.2, 0.25) is 0 Å². The van der Waals surface area contributed by atoms with E-state index in [1.807, 2.05) is 23.1 Å². The molecule has 0 bridgehead atoms. The van der Waals surface area contributed by atoms with E-state index in [2.05, 4.69) is 30.4 Å². The number of hydroxylamine groups is 1. The van der Waals surface area contributed by atoms with Crippen molar-refractivity contribution in [1.29, 1.82) is 0 Å². The molecule has 3 rings (SSSR count). The number of rotatable bonds is 8. The number of allylic oxidation sites excluding steroid dienone is 4. The Labute approximate surface area is 169 Å². The van der Waals surface area contributed by atoms with Gasteiger partial charge in [0.05, 0.1) is 12.1 Å². The summed E-state index contributed by atoms with van der Waals surface area (Å²) < 4.78 is 0. The van der Waals surface area contributed by atoms with E-state index in [1.165, 1.54) is 11.6 Å². The second kappa shape index (κ2) is 9.82. The number of carbonyl (C=O) groups excluding carboxylic acids is 1. The maximum Gasteiger partial charge on any atom is 0.335 e. The van der Waals surface area contributed by atoms with Crippen molar-refractivity contribution in [1.82, 2.24) is 10.4 Å². The van der Waals surface area contributed by atoms with E-state index in [-0.39, 0.29) is 12.1 Å². The normalized spacial score (nSPS) is 13.2. The molecule has 0 unspecified atom stereocenters. The molecule has 6 heteroatoms. The minimum absolute atomic E-state index is 0.0105. The van der Waals surface area contributed by atoms with Gasteiger partial charge in [-0.15, -0.1) is 0 Å². The van der Waals surface area contributed by atoms with Crippen LogP contribution < -0.4 is 5.48 Å². The Morgan fingerprint density at radius 3 is 2.41 bits per heavy atom. The Morgan fingerprint density at radius 2 is 1.76 bits per heavy atom. The lowest BCUT2D eigenvalue weighted by Gasteiger charge is -2.22. The molecule has 0 heterocycles. The standard InChI is InChI=1S/C23H24N2O4/c26-22(24-29)16-25(15-18-5-4-8-21(13-18)23(27)28)14-17-9-11-20(12-10-17)19-6-2-1-3-7-19/h2,4-13,29H,1,3,14-16H2,(H,24,26)(H,27,28). The van der Waals surface area contributed by atoms with Crippen LogP contribution in [0.1, 0.15) is 39.9 Å². The van der Waals surface area contributed by atoms with E-state index >= 15 is 0 Å². The first-order chi connectivity index (χ1) is 14.0. The molecule has 3 N–H and O–H groups in total. The van der Waals surface area contributed by atoms with Gasteiger partial charge in [0.15, 0.2) is 0 Å². The summed E-state index contributed by atoms with van der Waals surface area (Å²) in [6.07, 6.45) is 8.65. The van der Waals surface area contributed by atoms with Gasteiger partial charge in [-0.25, -0.2) is 10.3 Å². The van der Waals surface area contributed by atoms with Crippen LogP contribution in [-0.4, -0.2) is 33.6 Å². The van der Waals surface area contributed by atoms with Crippen LogP contribution in [0.4, 0.5) is 0 Å². The molecule has 0 fully saturated rings. The van der Waals surface area contributed by atoms with Crippen LogP contribution in [0.25, 0.3) is 5.57 Å². The Kier molecular flexibility index (Phi) is 6.94. The summed E-state index contributed by atoms with van der Waals surface area (Å²) in [6.45, 7) is 0.855. The third kappa shape index (κ3) is 5.88. The van der Waals surface area contributed by atoms with Crippen molar-refractivity contribution in [2.75, 3.05) is 6.54 Å². The highest BCUT2D eigenvalue weighted by Gasteiger charge is 2.13. The van der Waals surface area contributed by atoms with E-state index in [4.69, 9.17) is 5.21 Å². The summed E-state index contributed by atoms with van der Waals surface area (Å²) in [4.78, 5) is 24.8. The van der Waals surface area contributed by atoms with Crippen molar-refractivity contribution in [2.45, 2.75) is 25.9 Å². The van der Waals surface area contributed by atoms with Gasteiger partial charge in [0, 0.05) is 13.1 Å². The van der Waals surface area contributed by atoms with Crippen LogP contribution >= 0.6 is 0 Å². The molecular weight excluding hydrogens is 368 g/mol. The SMILES string of the molecule is O=C(CN(Cc1ccc(C2=CCCC=C2)cc1)Cc1cccc(C(=O)O)c1)NO. The molecule has 0 saturated carbocycles. The highest BCUT2D eigenvalue weighted by molar-refractivity contribution is 5.87. The first-order valence-electron chi connectivity index (χ1n) is 9.48. The zero-order valence-electron chi connectivity index (χ0n) is 16.0. The fourth-order valence-corrected chi connectivity index (χ4v) is 3.36. The molecule has 6 nitrogen and oxygen atoms in total.